The Bertz CT molecular complexity index is 583. The minimum Gasteiger partial charge on any atom is -0.324 e. The molecule has 2 atom stereocenters. The Balaban J connectivity index is 5.29. The third-order valence-corrected chi connectivity index (χ3v) is 14.7. The van der Waals surface area contributed by atoms with Crippen LogP contribution in [-0.2, 0) is 0 Å². The van der Waals surface area contributed by atoms with Crippen LogP contribution in [0.1, 0.15) is 136 Å². The third kappa shape index (κ3) is 17.3. The van der Waals surface area contributed by atoms with Crippen molar-refractivity contribution in [2.75, 3.05) is 68.0 Å². The van der Waals surface area contributed by atoms with E-state index >= 15 is 0 Å². The highest BCUT2D eigenvalue weighted by Gasteiger charge is 2.55. The number of halogens is 3. The minimum absolute atomic E-state index is 0.212. The summed E-state index contributed by atoms with van der Waals surface area (Å²) in [5.74, 6) is 0. The van der Waals surface area contributed by atoms with E-state index in [1.165, 1.54) is 148 Å². The molecular weight excluding hydrogens is 678 g/mol. The lowest BCUT2D eigenvalue weighted by atomic mass is 10.1. The summed E-state index contributed by atoms with van der Waals surface area (Å²) in [6.45, 7) is 13.1. The van der Waals surface area contributed by atoms with Gasteiger partial charge >= 0.3 is 0 Å². The van der Waals surface area contributed by atoms with Crippen LogP contribution in [0.5, 0.6) is 0 Å². The molecule has 0 aromatic carbocycles. The van der Waals surface area contributed by atoms with Crippen LogP contribution in [0.4, 0.5) is 0 Å². The number of nitrogens with zero attached hydrogens (tertiary/aromatic N) is 3. The summed E-state index contributed by atoms with van der Waals surface area (Å²) >= 11 is 12.8. The minimum atomic E-state index is -0.212. The van der Waals surface area contributed by atoms with Crippen molar-refractivity contribution in [1.82, 2.24) is 0 Å². The van der Waals surface area contributed by atoms with Gasteiger partial charge in [0.25, 0.3) is 3.36 Å². The van der Waals surface area contributed by atoms with Crippen molar-refractivity contribution in [2.45, 2.75) is 145 Å². The van der Waals surface area contributed by atoms with Crippen molar-refractivity contribution < 1.29 is 13.4 Å². The monoisotopic (exact) mass is 746 g/mol. The van der Waals surface area contributed by atoms with E-state index in [0.717, 1.165) is 13.4 Å². The summed E-state index contributed by atoms with van der Waals surface area (Å²) in [6, 6.07) is 0. The Hall–Kier alpha value is 1.32. The van der Waals surface area contributed by atoms with Crippen molar-refractivity contribution in [2.24, 2.45) is 0 Å². The first-order valence-electron chi connectivity index (χ1n) is 16.8. The summed E-state index contributed by atoms with van der Waals surface area (Å²) in [7, 11) is 12.2. The molecule has 0 rings (SSSR count). The lowest BCUT2D eigenvalue weighted by Gasteiger charge is -2.50. The zero-order valence-electron chi connectivity index (χ0n) is 27.8. The quantitative estimate of drug-likeness (QED) is 0.0340. The van der Waals surface area contributed by atoms with E-state index in [0.29, 0.717) is 0 Å². The molecule has 0 aliphatic carbocycles. The van der Waals surface area contributed by atoms with Gasteiger partial charge in [-0.25, -0.2) is 0 Å². The molecule has 0 bridgehead atoms. The molecule has 39 heavy (non-hydrogen) atoms. The van der Waals surface area contributed by atoms with Gasteiger partial charge in [0.15, 0.2) is 0 Å². The van der Waals surface area contributed by atoms with Crippen molar-refractivity contribution in [1.29, 1.82) is 0 Å². The lowest BCUT2D eigenvalue weighted by molar-refractivity contribution is -0.990. The van der Waals surface area contributed by atoms with Gasteiger partial charge in [0, 0.05) is 31.9 Å². The van der Waals surface area contributed by atoms with Crippen LogP contribution in [0.3, 0.4) is 0 Å². The highest BCUT2D eigenvalue weighted by atomic mass is 79.9. The van der Waals surface area contributed by atoms with E-state index in [2.05, 4.69) is 104 Å². The van der Waals surface area contributed by atoms with Gasteiger partial charge in [0.1, 0.15) is 13.1 Å². The van der Waals surface area contributed by atoms with Gasteiger partial charge < -0.3 is 8.97 Å². The predicted octanol–water partition coefficient (Wildman–Crippen LogP) is 10.8. The second-order valence-electron chi connectivity index (χ2n) is 13.9. The molecule has 0 fully saturated rings. The normalized spacial score (nSPS) is 15.5. The van der Waals surface area contributed by atoms with Crippen LogP contribution in [-0.4, -0.2) is 89.7 Å². The predicted molar refractivity (Wildman–Crippen MR) is 188 cm³/mol. The van der Waals surface area contributed by atoms with E-state index < -0.39 is 0 Å². The van der Waals surface area contributed by atoms with E-state index in [4.69, 9.17) is 0 Å². The number of hydrogen-bond acceptors (Lipinski definition) is 0. The van der Waals surface area contributed by atoms with Crippen molar-refractivity contribution >= 4 is 47.8 Å². The highest BCUT2D eigenvalue weighted by Crippen LogP contribution is 2.45. The third-order valence-electron chi connectivity index (χ3n) is 9.07. The fourth-order valence-corrected chi connectivity index (χ4v) is 7.93. The van der Waals surface area contributed by atoms with Gasteiger partial charge in [-0.3, -0.25) is 4.48 Å². The summed E-state index contributed by atoms with van der Waals surface area (Å²) in [6.07, 6.45) is 24.6. The first-order chi connectivity index (χ1) is 18.3. The Morgan fingerprint density at radius 1 is 0.462 bits per heavy atom. The molecule has 0 aliphatic rings. The number of rotatable bonds is 27. The Kier molecular flexibility index (Phi) is 22.7. The molecule has 236 valence electrons. The van der Waals surface area contributed by atoms with Crippen molar-refractivity contribution in [3.05, 3.63) is 0 Å². The van der Waals surface area contributed by atoms with Crippen molar-refractivity contribution in [3.8, 4) is 0 Å². The zero-order chi connectivity index (χ0) is 29.8. The van der Waals surface area contributed by atoms with E-state index in [1.807, 2.05) is 0 Å². The average molecular weight is 750 g/mol. The first-order valence-corrected chi connectivity index (χ1v) is 19.3. The fraction of sp³-hybridized carbons (Fsp3) is 1.00. The fourth-order valence-electron chi connectivity index (χ4n) is 5.62. The lowest BCUT2D eigenvalue weighted by Crippen LogP contribution is -2.67. The Morgan fingerprint density at radius 2 is 0.821 bits per heavy atom. The SMILES string of the molecule is CCCCCCCC[N+](C)(C)CC[N+](C)(CCCCCCCC)C(Br)C(Br)(Br)[N+](C)(C)CCCCCCCC. The zero-order valence-corrected chi connectivity index (χ0v) is 32.6. The summed E-state index contributed by atoms with van der Waals surface area (Å²) in [4.78, 5) is 0.282. The molecule has 0 radical (unpaired) electrons. The van der Waals surface area contributed by atoms with Gasteiger partial charge in [0.05, 0.1) is 54.9 Å². The van der Waals surface area contributed by atoms with E-state index in [9.17, 15) is 0 Å². The second kappa shape index (κ2) is 21.9. The molecule has 0 N–H and O–H groups in total. The maximum Gasteiger partial charge on any atom is 0.270 e. The number of alkyl halides is 3. The molecule has 2 unspecified atom stereocenters. The molecule has 0 spiro atoms. The number of likely N-dealkylation sites (N-methyl/N-ethyl adjacent to an activating group) is 3. The molecule has 0 heterocycles. The first kappa shape index (κ1) is 40.3. The van der Waals surface area contributed by atoms with Gasteiger partial charge in [-0.2, -0.15) is 0 Å². The number of hydrogen-bond donors (Lipinski definition) is 0. The highest BCUT2D eigenvalue weighted by molar-refractivity contribution is 9.26. The molecular formula is C33H71Br3N3+3. The Labute approximate surface area is 272 Å². The number of unbranched alkanes of at least 4 members (excludes halogenated alkanes) is 15. The van der Waals surface area contributed by atoms with Crippen LogP contribution in [0.25, 0.3) is 0 Å². The maximum absolute atomic E-state index is 4.31. The molecule has 0 aromatic rings. The van der Waals surface area contributed by atoms with Crippen molar-refractivity contribution in [3.63, 3.8) is 0 Å². The molecule has 6 heteroatoms. The largest absolute Gasteiger partial charge is 0.324 e. The Morgan fingerprint density at radius 3 is 1.26 bits per heavy atom. The van der Waals surface area contributed by atoms with Crippen LogP contribution >= 0.6 is 47.8 Å². The maximum atomic E-state index is 4.31. The molecule has 0 saturated heterocycles. The molecule has 0 aromatic heterocycles. The van der Waals surface area contributed by atoms with Crippen LogP contribution in [0, 0.1) is 0 Å². The van der Waals surface area contributed by atoms with Gasteiger partial charge in [-0.1, -0.05) is 97.8 Å². The van der Waals surface area contributed by atoms with Gasteiger partial charge in [-0.05, 0) is 54.5 Å². The van der Waals surface area contributed by atoms with Gasteiger partial charge in [-0.15, -0.1) is 0 Å². The molecule has 3 nitrogen and oxygen atoms in total. The van der Waals surface area contributed by atoms with Crippen LogP contribution in [0.2, 0.25) is 0 Å². The topological polar surface area (TPSA) is 0 Å². The molecule has 0 aliphatic heterocycles. The summed E-state index contributed by atoms with van der Waals surface area (Å²) in [5.41, 5.74) is 0. The smallest absolute Gasteiger partial charge is 0.270 e. The van der Waals surface area contributed by atoms with Gasteiger partial charge in [0.2, 0.25) is 4.95 Å². The second-order valence-corrected chi connectivity index (χ2v) is 18.3. The van der Waals surface area contributed by atoms with E-state index in [1.54, 1.807) is 0 Å². The standard InChI is InChI=1S/C33H71Br3N3/c1-9-12-15-18-21-24-27-37(4,5)30-31-39(8,29-26-23-20-17-14-11-3)32(34)33(35,36)38(6,7)28-25-22-19-16-13-10-2/h32H,9-31H2,1-8H3/q+3. The molecule has 0 saturated carbocycles. The van der Waals surface area contributed by atoms with E-state index in [-0.39, 0.29) is 8.31 Å². The number of quaternary nitrogens is 3. The average Bonchev–Trinajstić information content (AvgIpc) is 2.88. The summed E-state index contributed by atoms with van der Waals surface area (Å²) in [5, 5.41) is 0. The molecule has 0 amide bonds. The van der Waals surface area contributed by atoms with Crippen LogP contribution < -0.4 is 0 Å². The summed E-state index contributed by atoms with van der Waals surface area (Å²) < 4.78 is 2.90. The van der Waals surface area contributed by atoms with Crippen LogP contribution in [0.15, 0.2) is 0 Å².